The van der Waals surface area contributed by atoms with Gasteiger partial charge in [0.05, 0.1) is 15.7 Å². The van der Waals surface area contributed by atoms with Gasteiger partial charge in [0.2, 0.25) is 0 Å². The quantitative estimate of drug-likeness (QED) is 0.594. The van der Waals surface area contributed by atoms with E-state index >= 15 is 0 Å². The molecule has 2 rings (SSSR count). The Bertz CT molecular complexity index is 426. The molecule has 0 spiro atoms. The van der Waals surface area contributed by atoms with E-state index < -0.39 is 5.59 Å². The van der Waals surface area contributed by atoms with Crippen molar-refractivity contribution < 1.29 is 9.47 Å². The van der Waals surface area contributed by atoms with Gasteiger partial charge in [-0.3, -0.25) is 0 Å². The van der Waals surface area contributed by atoms with Gasteiger partial charge >= 0.3 is 0 Å². The highest BCUT2D eigenvalue weighted by Crippen LogP contribution is 2.38. The number of rotatable bonds is 3. The molecule has 0 amide bonds. The second kappa shape index (κ2) is 4.08. The van der Waals surface area contributed by atoms with Crippen LogP contribution in [0.15, 0.2) is 18.2 Å². The van der Waals surface area contributed by atoms with Crippen LogP contribution in [0, 0.1) is 0 Å². The van der Waals surface area contributed by atoms with E-state index in [9.17, 15) is 0 Å². The maximum Gasteiger partial charge on any atom is 0.197 e. The number of hydrogen-bond donors (Lipinski definition) is 0. The van der Waals surface area contributed by atoms with Gasteiger partial charge in [-0.2, -0.15) is 0 Å². The van der Waals surface area contributed by atoms with Crippen LogP contribution in [0.5, 0.6) is 11.5 Å². The van der Waals surface area contributed by atoms with Crippen molar-refractivity contribution in [2.75, 3.05) is 0 Å². The molecule has 0 radical (unpaired) electrons. The van der Waals surface area contributed by atoms with Crippen LogP contribution in [0.25, 0.3) is 0 Å². The Balaban J connectivity index is 2.09. The zero-order valence-corrected chi connectivity index (χ0v) is 11.5. The Morgan fingerprint density at radius 3 is 2.47 bits per heavy atom. The summed E-state index contributed by atoms with van der Waals surface area (Å²) in [5.74, 6) is 1.73. The molecule has 1 aromatic carbocycles. The minimum Gasteiger partial charge on any atom is -0.467 e. The second-order valence-corrected chi connectivity index (χ2v) is 6.45. The second-order valence-electron chi connectivity index (χ2n) is 6.45. The van der Waals surface area contributed by atoms with Gasteiger partial charge in [-0.15, -0.1) is 0 Å². The van der Waals surface area contributed by atoms with Crippen LogP contribution >= 0.6 is 0 Å². The standard InChI is InChI=1S/C11H18B4O2/c1-10(12,13)5-4-7-2-3-8-9(6-7)17-11(14,15)16-8/h2-3,6H,4-5,12-15H2,1H3. The van der Waals surface area contributed by atoms with Crippen molar-refractivity contribution >= 4 is 31.4 Å². The molecule has 17 heavy (non-hydrogen) atoms. The molecule has 2 nitrogen and oxygen atoms in total. The summed E-state index contributed by atoms with van der Waals surface area (Å²) < 4.78 is 11.4. The van der Waals surface area contributed by atoms with Gasteiger partial charge in [0, 0.05) is 0 Å². The smallest absolute Gasteiger partial charge is 0.197 e. The molecule has 0 aliphatic carbocycles. The summed E-state index contributed by atoms with van der Waals surface area (Å²) in [4.78, 5) is 0. The average molecular weight is 226 g/mol. The SMILES string of the molecule is BC(B)(C)CCc1ccc2c(c1)OC(B)(B)O2. The van der Waals surface area contributed by atoms with Crippen LogP contribution < -0.4 is 9.47 Å². The van der Waals surface area contributed by atoms with Crippen molar-refractivity contribution in [3.63, 3.8) is 0 Å². The first-order chi connectivity index (χ1) is 7.75. The molecule has 6 heteroatoms. The first-order valence-corrected chi connectivity index (χ1v) is 6.26. The lowest BCUT2D eigenvalue weighted by Gasteiger charge is -2.17. The number of benzene rings is 1. The normalized spacial score (nSPS) is 17.0. The van der Waals surface area contributed by atoms with Crippen LogP contribution in [-0.2, 0) is 6.42 Å². The molecule has 0 unspecified atom stereocenters. The van der Waals surface area contributed by atoms with Crippen molar-refractivity contribution in [1.29, 1.82) is 0 Å². The number of ether oxygens (including phenoxy) is 2. The molecule has 0 saturated carbocycles. The Morgan fingerprint density at radius 2 is 1.82 bits per heavy atom. The largest absolute Gasteiger partial charge is 0.467 e. The number of fused-ring (bicyclic) bond motifs is 1. The molecular formula is C11H18B4O2. The Labute approximate surface area is 107 Å². The fourth-order valence-corrected chi connectivity index (χ4v) is 1.94. The summed E-state index contributed by atoms with van der Waals surface area (Å²) in [6.07, 6.45) is 2.26. The van der Waals surface area contributed by atoms with Crippen molar-refractivity contribution in [3.05, 3.63) is 23.8 Å². The van der Waals surface area contributed by atoms with E-state index in [1.807, 2.05) is 21.8 Å². The molecule has 0 saturated heterocycles. The summed E-state index contributed by atoms with van der Waals surface area (Å²) in [6, 6.07) is 6.26. The molecule has 0 bridgehead atoms. The van der Waals surface area contributed by atoms with E-state index in [1.165, 1.54) is 12.0 Å². The highest BCUT2D eigenvalue weighted by molar-refractivity contribution is 6.39. The molecule has 1 aliphatic heterocycles. The minimum atomic E-state index is -0.523. The van der Waals surface area contributed by atoms with Crippen molar-refractivity contribution in [1.82, 2.24) is 0 Å². The van der Waals surface area contributed by atoms with Crippen molar-refractivity contribution in [3.8, 4) is 11.5 Å². The summed E-state index contributed by atoms with van der Waals surface area (Å²) in [6.45, 7) is 2.27. The highest BCUT2D eigenvalue weighted by atomic mass is 16.7. The van der Waals surface area contributed by atoms with E-state index in [-0.39, 0.29) is 0 Å². The predicted molar refractivity (Wildman–Crippen MR) is 81.3 cm³/mol. The molecule has 0 fully saturated rings. The van der Waals surface area contributed by atoms with E-state index in [4.69, 9.17) is 9.47 Å². The maximum absolute atomic E-state index is 5.74. The zero-order chi connectivity index (χ0) is 12.7. The first-order valence-electron chi connectivity index (χ1n) is 6.26. The van der Waals surface area contributed by atoms with Gasteiger partial charge in [-0.05, 0) is 24.1 Å². The predicted octanol–water partition coefficient (Wildman–Crippen LogP) is -1.33. The van der Waals surface area contributed by atoms with Crippen molar-refractivity contribution in [2.45, 2.75) is 30.6 Å². The zero-order valence-electron chi connectivity index (χ0n) is 11.5. The Kier molecular flexibility index (Phi) is 3.01. The topological polar surface area (TPSA) is 18.5 Å². The molecule has 1 aliphatic rings. The third-order valence-electron chi connectivity index (χ3n) is 2.88. The lowest BCUT2D eigenvalue weighted by molar-refractivity contribution is 0.0833. The third-order valence-corrected chi connectivity index (χ3v) is 2.88. The fraction of sp³-hybridized carbons (Fsp3) is 0.455. The first kappa shape index (κ1) is 12.5. The number of hydrogen-bond acceptors (Lipinski definition) is 2. The third kappa shape index (κ3) is 3.27. The molecule has 1 heterocycles. The average Bonchev–Trinajstić information content (AvgIpc) is 2.46. The van der Waals surface area contributed by atoms with E-state index in [2.05, 4.69) is 34.7 Å². The van der Waals surface area contributed by atoms with E-state index in [0.29, 0.717) is 5.21 Å². The molecule has 1 aromatic rings. The van der Waals surface area contributed by atoms with Crippen molar-refractivity contribution in [2.24, 2.45) is 0 Å². The maximum atomic E-state index is 5.74. The van der Waals surface area contributed by atoms with Crippen LogP contribution in [0.2, 0.25) is 5.21 Å². The Morgan fingerprint density at radius 1 is 1.18 bits per heavy atom. The van der Waals surface area contributed by atoms with Gasteiger partial charge in [0.1, 0.15) is 0 Å². The van der Waals surface area contributed by atoms with Crippen LogP contribution in [0.1, 0.15) is 18.9 Å². The molecule has 0 aromatic heterocycles. The van der Waals surface area contributed by atoms with Gasteiger partial charge in [-0.1, -0.05) is 24.6 Å². The van der Waals surface area contributed by atoms with Gasteiger partial charge in [0.15, 0.2) is 32.8 Å². The fourth-order valence-electron chi connectivity index (χ4n) is 1.94. The highest BCUT2D eigenvalue weighted by Gasteiger charge is 2.30. The minimum absolute atomic E-state index is 0.371. The monoisotopic (exact) mass is 226 g/mol. The van der Waals surface area contributed by atoms with Gasteiger partial charge < -0.3 is 9.47 Å². The van der Waals surface area contributed by atoms with E-state index in [0.717, 1.165) is 17.9 Å². The van der Waals surface area contributed by atoms with Crippen LogP contribution in [-0.4, -0.2) is 37.0 Å². The molecule has 0 N–H and O–H groups in total. The van der Waals surface area contributed by atoms with Gasteiger partial charge in [0.25, 0.3) is 0 Å². The summed E-state index contributed by atoms with van der Waals surface area (Å²) in [5.41, 5.74) is 0.797. The summed E-state index contributed by atoms with van der Waals surface area (Å²) >= 11 is 0. The van der Waals surface area contributed by atoms with E-state index in [1.54, 1.807) is 0 Å². The lowest BCUT2D eigenvalue weighted by atomic mass is 9.53. The lowest BCUT2D eigenvalue weighted by Crippen LogP contribution is -2.39. The summed E-state index contributed by atoms with van der Waals surface area (Å²) in [7, 11) is 8.40. The Hall–Kier alpha value is -0.920. The number of aryl methyl sites for hydroxylation is 1. The van der Waals surface area contributed by atoms with Gasteiger partial charge in [-0.25, -0.2) is 0 Å². The molecule has 0 atom stereocenters. The van der Waals surface area contributed by atoms with Crippen LogP contribution in [0.3, 0.4) is 0 Å². The molecular weight excluding hydrogens is 207 g/mol. The summed E-state index contributed by atoms with van der Waals surface area (Å²) in [5, 5.41) is 0.371. The van der Waals surface area contributed by atoms with Crippen LogP contribution in [0.4, 0.5) is 0 Å². The molecule has 86 valence electrons.